The first kappa shape index (κ1) is 16.1. The second-order valence-electron chi connectivity index (χ2n) is 5.84. The van der Waals surface area contributed by atoms with Crippen molar-refractivity contribution in [3.8, 4) is 0 Å². The lowest BCUT2D eigenvalue weighted by atomic mass is 10.2. The van der Waals surface area contributed by atoms with Gasteiger partial charge < -0.3 is 14.6 Å². The van der Waals surface area contributed by atoms with E-state index in [0.717, 1.165) is 23.7 Å². The number of carbonyl (C=O) groups is 1. The van der Waals surface area contributed by atoms with Crippen LogP contribution in [0.25, 0.3) is 0 Å². The van der Waals surface area contributed by atoms with Gasteiger partial charge >= 0.3 is 0 Å². The van der Waals surface area contributed by atoms with Crippen LogP contribution < -0.4 is 10.2 Å². The van der Waals surface area contributed by atoms with E-state index in [4.69, 9.17) is 4.42 Å². The number of furan rings is 1. The number of hydrogen-bond acceptors (Lipinski definition) is 3. The Morgan fingerprint density at radius 3 is 2.65 bits per heavy atom. The van der Waals surface area contributed by atoms with E-state index >= 15 is 0 Å². The highest BCUT2D eigenvalue weighted by molar-refractivity contribution is 8.00. The summed E-state index contributed by atoms with van der Waals surface area (Å²) in [5.74, 6) is 1.50. The maximum Gasteiger partial charge on any atom is 0.230 e. The topological polar surface area (TPSA) is 46.7 Å². The number of amides is 1. The molecule has 1 amide bonds. The molecule has 0 spiro atoms. The van der Waals surface area contributed by atoms with Gasteiger partial charge in [0.1, 0.15) is 0 Å². The Morgan fingerprint density at radius 2 is 1.96 bits per heavy atom. The summed E-state index contributed by atoms with van der Waals surface area (Å²) in [6, 6.07) is 14.2. The molecule has 1 aromatic heterocycles. The summed E-state index contributed by atoms with van der Waals surface area (Å²) in [5.41, 5.74) is 0. The van der Waals surface area contributed by atoms with E-state index in [2.05, 4.69) is 5.32 Å². The Labute approximate surface area is 141 Å². The molecule has 0 bridgehead atoms. The average Bonchev–Trinajstić information content (AvgIpc) is 3.28. The highest BCUT2D eigenvalue weighted by Crippen LogP contribution is 2.16. The Morgan fingerprint density at radius 1 is 1.17 bits per heavy atom. The van der Waals surface area contributed by atoms with E-state index in [1.165, 1.54) is 17.7 Å². The van der Waals surface area contributed by atoms with Crippen LogP contribution in [0.15, 0.2) is 58.0 Å². The summed E-state index contributed by atoms with van der Waals surface area (Å²) in [4.78, 5) is 14.8. The number of likely N-dealkylation sites (tertiary alicyclic amines) is 1. The molecule has 1 aliphatic heterocycles. The number of carbonyl (C=O) groups excluding carboxylic acids is 1. The normalized spacial score (nSPS) is 16.3. The first-order valence-electron chi connectivity index (χ1n) is 8.15. The molecule has 2 N–H and O–H groups in total. The third-order valence-electron chi connectivity index (χ3n) is 4.24. The van der Waals surface area contributed by atoms with Crippen LogP contribution in [0.1, 0.15) is 24.6 Å². The molecule has 0 unspecified atom stereocenters. The van der Waals surface area contributed by atoms with E-state index < -0.39 is 0 Å². The fourth-order valence-electron chi connectivity index (χ4n) is 3.05. The summed E-state index contributed by atoms with van der Waals surface area (Å²) >= 11 is 1.57. The molecule has 1 fully saturated rings. The summed E-state index contributed by atoms with van der Waals surface area (Å²) in [5, 5.41) is 3.08. The molecule has 1 saturated heterocycles. The van der Waals surface area contributed by atoms with Crippen LogP contribution in [0.2, 0.25) is 0 Å². The second-order valence-corrected chi connectivity index (χ2v) is 6.89. The Kier molecular flexibility index (Phi) is 5.77. The largest absolute Gasteiger partial charge is 0.463 e. The predicted octanol–water partition coefficient (Wildman–Crippen LogP) is 1.91. The summed E-state index contributed by atoms with van der Waals surface area (Å²) in [6.07, 6.45) is 4.22. The highest BCUT2D eigenvalue weighted by Gasteiger charge is 2.29. The minimum atomic E-state index is 0.0778. The average molecular weight is 331 g/mol. The molecule has 5 heteroatoms. The number of thioether (sulfide) groups is 1. The fraction of sp³-hybridized carbons (Fsp3) is 0.389. The molecular weight excluding hydrogens is 308 g/mol. The highest BCUT2D eigenvalue weighted by atomic mass is 32.2. The van der Waals surface area contributed by atoms with Gasteiger partial charge in [-0.05, 0) is 24.3 Å². The lowest BCUT2D eigenvalue weighted by molar-refractivity contribution is -0.919. The molecule has 4 nitrogen and oxygen atoms in total. The van der Waals surface area contributed by atoms with E-state index in [1.54, 1.807) is 18.0 Å². The predicted molar refractivity (Wildman–Crippen MR) is 91.6 cm³/mol. The molecule has 2 aromatic rings. The number of nitrogens with one attached hydrogen (secondary N) is 2. The van der Waals surface area contributed by atoms with Crippen molar-refractivity contribution in [2.45, 2.75) is 23.8 Å². The third-order valence-corrected chi connectivity index (χ3v) is 5.25. The second kappa shape index (κ2) is 8.22. The molecule has 1 aromatic carbocycles. The van der Waals surface area contributed by atoms with Gasteiger partial charge in [-0.3, -0.25) is 4.79 Å². The van der Waals surface area contributed by atoms with Crippen LogP contribution in [0, 0.1) is 0 Å². The quantitative estimate of drug-likeness (QED) is 0.762. The number of hydrogen-bond donors (Lipinski definition) is 2. The van der Waals surface area contributed by atoms with E-state index in [0.29, 0.717) is 12.3 Å². The van der Waals surface area contributed by atoms with Gasteiger partial charge in [-0.25, -0.2) is 0 Å². The van der Waals surface area contributed by atoms with Gasteiger partial charge in [0.25, 0.3) is 0 Å². The number of benzene rings is 1. The maximum atomic E-state index is 12.1. The molecule has 23 heavy (non-hydrogen) atoms. The zero-order chi connectivity index (χ0) is 15.9. The van der Waals surface area contributed by atoms with Gasteiger partial charge in [-0.2, -0.15) is 0 Å². The van der Waals surface area contributed by atoms with Crippen molar-refractivity contribution >= 4 is 17.7 Å². The summed E-state index contributed by atoms with van der Waals surface area (Å²) in [7, 11) is 0. The maximum absolute atomic E-state index is 12.1. The molecule has 3 rings (SSSR count). The molecule has 0 radical (unpaired) electrons. The molecule has 0 aliphatic carbocycles. The zero-order valence-corrected chi connectivity index (χ0v) is 14.0. The number of rotatable bonds is 7. The van der Waals surface area contributed by atoms with Crippen LogP contribution in [0.3, 0.4) is 0 Å². The van der Waals surface area contributed by atoms with Gasteiger partial charge in [-0.15, -0.1) is 11.8 Å². The van der Waals surface area contributed by atoms with Gasteiger partial charge in [0, 0.05) is 17.7 Å². The van der Waals surface area contributed by atoms with Crippen molar-refractivity contribution in [3.05, 3.63) is 54.5 Å². The van der Waals surface area contributed by atoms with Crippen LogP contribution in [-0.4, -0.2) is 31.3 Å². The van der Waals surface area contributed by atoms with Crippen LogP contribution >= 0.6 is 11.8 Å². The number of quaternary nitrogens is 1. The first-order chi connectivity index (χ1) is 11.3. The monoisotopic (exact) mass is 331 g/mol. The van der Waals surface area contributed by atoms with Gasteiger partial charge in [-0.1, -0.05) is 18.2 Å². The molecule has 122 valence electrons. The fourth-order valence-corrected chi connectivity index (χ4v) is 3.80. The van der Waals surface area contributed by atoms with Crippen molar-refractivity contribution in [3.63, 3.8) is 0 Å². The lowest BCUT2D eigenvalue weighted by Crippen LogP contribution is -3.11. The molecular formula is C18H23N2O2S+. The first-order valence-corrected chi connectivity index (χ1v) is 9.14. The summed E-state index contributed by atoms with van der Waals surface area (Å²) in [6.45, 7) is 2.94. The SMILES string of the molecule is O=C(CSc1ccccc1)NC[C@@H](c1ccco1)[NH+]1CCCC1. The Bertz CT molecular complexity index is 595. The molecule has 2 heterocycles. The van der Waals surface area contributed by atoms with Crippen molar-refractivity contribution in [2.24, 2.45) is 0 Å². The third kappa shape index (κ3) is 4.62. The lowest BCUT2D eigenvalue weighted by Gasteiger charge is -2.23. The summed E-state index contributed by atoms with van der Waals surface area (Å²) < 4.78 is 5.59. The van der Waals surface area contributed by atoms with Crippen molar-refractivity contribution < 1.29 is 14.1 Å². The Hall–Kier alpha value is -1.72. The molecule has 0 saturated carbocycles. The van der Waals surface area contributed by atoms with Crippen LogP contribution in [0.4, 0.5) is 0 Å². The van der Waals surface area contributed by atoms with Gasteiger partial charge in [0.2, 0.25) is 5.91 Å². The minimum absolute atomic E-state index is 0.0778. The van der Waals surface area contributed by atoms with Gasteiger partial charge in [0.15, 0.2) is 11.8 Å². The van der Waals surface area contributed by atoms with E-state index in [1.807, 2.05) is 42.5 Å². The van der Waals surface area contributed by atoms with E-state index in [-0.39, 0.29) is 11.9 Å². The Balaban J connectivity index is 1.51. The van der Waals surface area contributed by atoms with Crippen molar-refractivity contribution in [1.82, 2.24) is 5.32 Å². The van der Waals surface area contributed by atoms with Crippen molar-refractivity contribution in [2.75, 3.05) is 25.4 Å². The van der Waals surface area contributed by atoms with Crippen molar-refractivity contribution in [1.29, 1.82) is 0 Å². The van der Waals surface area contributed by atoms with Gasteiger partial charge in [0.05, 0.1) is 31.7 Å². The van der Waals surface area contributed by atoms with E-state index in [9.17, 15) is 4.79 Å². The standard InChI is InChI=1S/C18H22N2O2S/c21-18(14-23-15-7-2-1-3-8-15)19-13-16(17-9-6-12-22-17)20-10-4-5-11-20/h1-3,6-9,12,16H,4-5,10-11,13-14H2,(H,19,21)/p+1/t16-/m0/s1. The molecule has 1 aliphatic rings. The zero-order valence-electron chi connectivity index (χ0n) is 13.2. The minimum Gasteiger partial charge on any atom is -0.463 e. The van der Waals surface area contributed by atoms with Crippen LogP contribution in [-0.2, 0) is 4.79 Å². The smallest absolute Gasteiger partial charge is 0.230 e. The molecule has 1 atom stereocenters. The van der Waals surface area contributed by atoms with Crippen LogP contribution in [0.5, 0.6) is 0 Å².